The third-order valence-electron chi connectivity index (χ3n) is 9.73. The monoisotopic (exact) mass is 727 g/mol. The van der Waals surface area contributed by atoms with Crippen molar-refractivity contribution >= 4 is 0 Å². The van der Waals surface area contributed by atoms with Crippen molar-refractivity contribution < 1.29 is 74.4 Å². The highest BCUT2D eigenvalue weighted by atomic mass is 16.8. The quantitative estimate of drug-likeness (QED) is 0.0618. The molecule has 1 aliphatic carbocycles. The van der Waals surface area contributed by atoms with Crippen LogP contribution in [0.5, 0.6) is 0 Å². The summed E-state index contributed by atoms with van der Waals surface area (Å²) in [5.74, 6) is -1.16. The molecule has 50 heavy (non-hydrogen) atoms. The molecule has 2 saturated heterocycles. The van der Waals surface area contributed by atoms with E-state index in [1.165, 1.54) is 0 Å². The highest BCUT2D eigenvalue weighted by Gasteiger charge is 2.54. The highest BCUT2D eigenvalue weighted by Crippen LogP contribution is 2.37. The van der Waals surface area contributed by atoms with Gasteiger partial charge in [0.1, 0.15) is 48.8 Å². The summed E-state index contributed by atoms with van der Waals surface area (Å²) in [4.78, 5) is 0. The van der Waals surface area contributed by atoms with Crippen LogP contribution in [0.25, 0.3) is 0 Å². The molecular weight excluding hydrogens is 670 g/mol. The van der Waals surface area contributed by atoms with Crippen LogP contribution in [0.4, 0.5) is 0 Å². The lowest BCUT2D eigenvalue weighted by molar-refractivity contribution is -0.286. The first-order valence-corrected chi connectivity index (χ1v) is 17.0. The van der Waals surface area contributed by atoms with E-state index in [9.17, 15) is 40.9 Å². The minimum atomic E-state index is -1.61. The van der Waals surface area contributed by atoms with E-state index in [1.54, 1.807) is 12.2 Å². The van der Waals surface area contributed by atoms with Gasteiger partial charge in [-0.15, -0.1) is 0 Å². The molecule has 4 rings (SSSR count). The van der Waals surface area contributed by atoms with Crippen LogP contribution < -0.4 is 28.3 Å². The van der Waals surface area contributed by atoms with Crippen molar-refractivity contribution in [3.8, 4) is 0 Å². The van der Waals surface area contributed by atoms with Gasteiger partial charge >= 0.3 is 0 Å². The summed E-state index contributed by atoms with van der Waals surface area (Å²) in [5, 5.41) is 94.9. The zero-order chi connectivity index (χ0) is 36.7. The lowest BCUT2D eigenvalue weighted by atomic mass is 9.75. The van der Waals surface area contributed by atoms with Crippen molar-refractivity contribution in [3.05, 3.63) is 12.2 Å². The first-order chi connectivity index (χ1) is 23.9. The Kier molecular flexibility index (Phi) is 16.1. The maximum atomic E-state index is 11.7. The fraction of sp³-hybridized carbons (Fsp3) is 0.933. The fourth-order valence-corrected chi connectivity index (χ4v) is 6.75. The number of rotatable bonds is 17. The van der Waals surface area contributed by atoms with Gasteiger partial charge < -0.3 is 103 Å². The first kappa shape index (κ1) is 41.7. The normalized spacial score (nSPS) is 44.6. The van der Waals surface area contributed by atoms with E-state index in [-0.39, 0.29) is 45.7 Å². The Hall–Kier alpha value is -1.06. The number of aliphatic hydroxyl groups excluding tert-OH is 9. The average molecular weight is 728 g/mol. The van der Waals surface area contributed by atoms with Crippen molar-refractivity contribution in [2.75, 3.05) is 46.1 Å². The van der Waals surface area contributed by atoms with Gasteiger partial charge in [0.25, 0.3) is 0 Å². The number of nitrogens with two attached hydrogens (primary N) is 4. The summed E-state index contributed by atoms with van der Waals surface area (Å²) < 4.78 is 35.9. The van der Waals surface area contributed by atoms with Crippen molar-refractivity contribution in [2.24, 2.45) is 34.8 Å². The highest BCUT2D eigenvalue weighted by molar-refractivity contribution is 5.05. The molecule has 3 aliphatic heterocycles. The molecule has 1 saturated carbocycles. The Bertz CT molecular complexity index is 1040. The zero-order valence-electron chi connectivity index (χ0n) is 27.8. The van der Waals surface area contributed by atoms with Gasteiger partial charge in [-0.05, 0) is 18.8 Å². The lowest BCUT2D eigenvalue weighted by Gasteiger charge is -2.46. The van der Waals surface area contributed by atoms with Crippen molar-refractivity contribution in [3.63, 3.8) is 0 Å². The molecule has 0 radical (unpaired) electrons. The first-order valence-electron chi connectivity index (χ1n) is 17.0. The number of hydrogen-bond acceptors (Lipinski definition) is 20. The van der Waals surface area contributed by atoms with Gasteiger partial charge in [0.15, 0.2) is 18.9 Å². The maximum Gasteiger partial charge on any atom is 0.187 e. The number of ether oxygens (including phenoxy) is 6. The number of aliphatic hydroxyl groups is 9. The van der Waals surface area contributed by atoms with Crippen molar-refractivity contribution in [1.29, 1.82) is 0 Å². The third kappa shape index (κ3) is 9.92. The van der Waals surface area contributed by atoms with Gasteiger partial charge in [0, 0.05) is 44.8 Å². The average Bonchev–Trinajstić information content (AvgIpc) is 3.41. The molecule has 3 fully saturated rings. The van der Waals surface area contributed by atoms with E-state index in [4.69, 9.17) is 56.5 Å². The molecule has 4 aliphatic rings. The van der Waals surface area contributed by atoms with Crippen LogP contribution >= 0.6 is 0 Å². The van der Waals surface area contributed by atoms with Gasteiger partial charge in [-0.2, -0.15) is 0 Å². The molecule has 0 aromatic rings. The molecule has 292 valence electrons. The van der Waals surface area contributed by atoms with Crippen LogP contribution in [-0.2, 0) is 28.4 Å². The van der Waals surface area contributed by atoms with Crippen LogP contribution in [0.2, 0.25) is 0 Å². The van der Waals surface area contributed by atoms with Crippen molar-refractivity contribution in [1.82, 2.24) is 5.32 Å². The Morgan fingerprint density at radius 2 is 1.40 bits per heavy atom. The number of hydrogen-bond donors (Lipinski definition) is 14. The van der Waals surface area contributed by atoms with E-state index in [0.717, 1.165) is 0 Å². The van der Waals surface area contributed by atoms with E-state index in [2.05, 4.69) is 5.32 Å². The van der Waals surface area contributed by atoms with Gasteiger partial charge in [-0.25, -0.2) is 0 Å². The van der Waals surface area contributed by atoms with Crippen LogP contribution in [0.3, 0.4) is 0 Å². The summed E-state index contributed by atoms with van der Waals surface area (Å²) in [6.07, 6.45) is -13.5. The molecule has 1 unspecified atom stereocenters. The molecule has 0 amide bonds. The van der Waals surface area contributed by atoms with Crippen LogP contribution in [-0.4, -0.2) is 196 Å². The Labute approximate surface area is 289 Å². The maximum absolute atomic E-state index is 11.7. The van der Waals surface area contributed by atoms with Crippen molar-refractivity contribution in [2.45, 2.75) is 117 Å². The second kappa shape index (κ2) is 19.3. The van der Waals surface area contributed by atoms with E-state index in [1.807, 2.05) is 0 Å². The topological polar surface area (TPSA) is 354 Å². The molecular formula is C30H57N5O15. The minimum absolute atomic E-state index is 0.111. The van der Waals surface area contributed by atoms with E-state index < -0.39 is 129 Å². The van der Waals surface area contributed by atoms with Gasteiger partial charge in [-0.1, -0.05) is 12.2 Å². The molecule has 3 heterocycles. The zero-order valence-corrected chi connectivity index (χ0v) is 27.8. The van der Waals surface area contributed by atoms with Crippen LogP contribution in [0.1, 0.15) is 12.8 Å². The van der Waals surface area contributed by atoms with Crippen LogP contribution in [0.15, 0.2) is 12.2 Å². The molecule has 0 aromatic carbocycles. The summed E-state index contributed by atoms with van der Waals surface area (Å²) in [5.41, 5.74) is 24.6. The molecule has 18 N–H and O–H groups in total. The molecule has 0 aromatic heterocycles. The second-order valence-electron chi connectivity index (χ2n) is 13.5. The van der Waals surface area contributed by atoms with Gasteiger partial charge in [0.2, 0.25) is 0 Å². The molecule has 0 bridgehead atoms. The Morgan fingerprint density at radius 3 is 2.04 bits per heavy atom. The molecule has 20 nitrogen and oxygen atoms in total. The fourth-order valence-electron chi connectivity index (χ4n) is 6.75. The number of nitrogens with one attached hydrogen (secondary N) is 1. The molecule has 20 heteroatoms. The standard InChI is InChI=1S/C30H57N5O15/c31-5-18-22(42)23(43)20(34)29(46-18)49-26-19(11-39)47-30(24(26)44)50-27-21(41)13(3-12(8-36)9-37)4-17(33)25(27)48-28-16(32)2-1-15(45-28)7-35-6-14(40)10-38/h1-2,12-30,35-44H,3-11,31-34H2/t13-,14?,15+,16-,17+,18+,19-,20-,21+,22-,23-,24-,25-,26-,27-,28-,29-,30+/m1/s1. The van der Waals surface area contributed by atoms with E-state index in [0.29, 0.717) is 0 Å². The molecule has 18 atom stereocenters. The smallest absolute Gasteiger partial charge is 0.187 e. The second-order valence-corrected chi connectivity index (χ2v) is 13.5. The Balaban J connectivity index is 1.52. The Morgan fingerprint density at radius 1 is 0.740 bits per heavy atom. The summed E-state index contributed by atoms with van der Waals surface area (Å²) in [6.45, 7) is -1.57. The van der Waals surface area contributed by atoms with E-state index >= 15 is 0 Å². The summed E-state index contributed by atoms with van der Waals surface area (Å²) in [6, 6.07) is -2.83. The molecule has 0 spiro atoms. The predicted octanol–water partition coefficient (Wildman–Crippen LogP) is -7.80. The largest absolute Gasteiger partial charge is 0.396 e. The van der Waals surface area contributed by atoms with Gasteiger partial charge in [-0.3, -0.25) is 0 Å². The minimum Gasteiger partial charge on any atom is -0.396 e. The summed E-state index contributed by atoms with van der Waals surface area (Å²) in [7, 11) is 0. The van der Waals surface area contributed by atoms with Crippen LogP contribution in [0, 0.1) is 11.8 Å². The third-order valence-corrected chi connectivity index (χ3v) is 9.73. The summed E-state index contributed by atoms with van der Waals surface area (Å²) >= 11 is 0. The predicted molar refractivity (Wildman–Crippen MR) is 170 cm³/mol. The SMILES string of the molecule is NC[C@@H]1O[C@H](O[C@H]2[C@@H](O)[C@H](O[C@@H]3[C@@H](O)[C@H](CC(CO)CO)C[C@H](N)[C@H]3O[C@H]3O[C@H](CNCC(O)CO)C=C[C@H]3N)O[C@@H]2CO)[C@H](N)[C@@H](O)[C@@H]1O. The lowest BCUT2D eigenvalue weighted by Crippen LogP contribution is -2.64. The van der Waals surface area contributed by atoms with Gasteiger partial charge in [0.05, 0.1) is 43.6 Å².